The first-order valence-corrected chi connectivity index (χ1v) is 7.26. The summed E-state index contributed by atoms with van der Waals surface area (Å²) in [4.78, 5) is 4.55. The van der Waals surface area contributed by atoms with Crippen LogP contribution in [-0.4, -0.2) is 19.3 Å². The van der Waals surface area contributed by atoms with E-state index in [9.17, 15) is 0 Å². The summed E-state index contributed by atoms with van der Waals surface area (Å²) in [5.41, 5.74) is 9.23. The Kier molecular flexibility index (Phi) is 3.56. The van der Waals surface area contributed by atoms with E-state index in [1.807, 2.05) is 11.6 Å². The predicted octanol–water partition coefficient (Wildman–Crippen LogP) is 3.07. The highest BCUT2D eigenvalue weighted by molar-refractivity contribution is 5.78. The average Bonchev–Trinajstić information content (AvgIpc) is 2.91. The fraction of sp³-hybridized carbons (Fsp3) is 0.714. The SMILES string of the molecule is CCn1nc(C)c2nc(N)n(C(CC)(CC)CC)c21. The zero-order valence-electron chi connectivity index (χ0n) is 12.7. The van der Waals surface area contributed by atoms with Gasteiger partial charge < -0.3 is 5.73 Å². The summed E-state index contributed by atoms with van der Waals surface area (Å²) in [6, 6.07) is 0. The van der Waals surface area contributed by atoms with Crippen LogP contribution < -0.4 is 5.73 Å². The molecule has 2 rings (SSSR count). The lowest BCUT2D eigenvalue weighted by Gasteiger charge is -2.33. The zero-order chi connectivity index (χ0) is 14.2. The number of hydrogen-bond acceptors (Lipinski definition) is 3. The lowest BCUT2D eigenvalue weighted by molar-refractivity contribution is 0.258. The number of nitrogen functional groups attached to an aromatic ring is 1. The second-order valence-electron chi connectivity index (χ2n) is 5.16. The van der Waals surface area contributed by atoms with Gasteiger partial charge in [-0.15, -0.1) is 0 Å². The van der Waals surface area contributed by atoms with E-state index < -0.39 is 0 Å². The van der Waals surface area contributed by atoms with Gasteiger partial charge in [0.15, 0.2) is 5.65 Å². The van der Waals surface area contributed by atoms with Crippen molar-refractivity contribution in [3.63, 3.8) is 0 Å². The number of aryl methyl sites for hydroxylation is 2. The molecule has 19 heavy (non-hydrogen) atoms. The van der Waals surface area contributed by atoms with Crippen LogP contribution in [0.25, 0.3) is 11.2 Å². The van der Waals surface area contributed by atoms with E-state index in [4.69, 9.17) is 5.73 Å². The van der Waals surface area contributed by atoms with Gasteiger partial charge in [-0.2, -0.15) is 5.10 Å². The highest BCUT2D eigenvalue weighted by Gasteiger charge is 2.32. The molecule has 0 radical (unpaired) electrons. The van der Waals surface area contributed by atoms with Crippen LogP contribution in [0, 0.1) is 6.92 Å². The van der Waals surface area contributed by atoms with Crippen LogP contribution in [0.15, 0.2) is 0 Å². The van der Waals surface area contributed by atoms with Crippen molar-refractivity contribution in [1.29, 1.82) is 0 Å². The molecule has 0 saturated carbocycles. The Morgan fingerprint density at radius 3 is 2.16 bits per heavy atom. The molecule has 106 valence electrons. The van der Waals surface area contributed by atoms with Crippen LogP contribution in [0.5, 0.6) is 0 Å². The molecule has 0 saturated heterocycles. The highest BCUT2D eigenvalue weighted by Crippen LogP contribution is 2.35. The van der Waals surface area contributed by atoms with Gasteiger partial charge in [0.05, 0.1) is 5.69 Å². The fourth-order valence-corrected chi connectivity index (χ4v) is 3.10. The Morgan fingerprint density at radius 2 is 1.68 bits per heavy atom. The van der Waals surface area contributed by atoms with Crippen molar-refractivity contribution >= 4 is 17.1 Å². The Morgan fingerprint density at radius 1 is 1.11 bits per heavy atom. The Hall–Kier alpha value is -1.52. The number of imidazole rings is 1. The third-order valence-corrected chi connectivity index (χ3v) is 4.49. The van der Waals surface area contributed by atoms with Gasteiger partial charge in [-0.3, -0.25) is 4.57 Å². The van der Waals surface area contributed by atoms with Crippen LogP contribution in [0.1, 0.15) is 52.7 Å². The number of hydrogen-bond donors (Lipinski definition) is 1. The van der Waals surface area contributed by atoms with Gasteiger partial charge in [0.2, 0.25) is 5.95 Å². The predicted molar refractivity (Wildman–Crippen MR) is 79.2 cm³/mol. The summed E-state index contributed by atoms with van der Waals surface area (Å²) in [7, 11) is 0. The van der Waals surface area contributed by atoms with Crippen molar-refractivity contribution in [1.82, 2.24) is 19.3 Å². The second-order valence-corrected chi connectivity index (χ2v) is 5.16. The standard InChI is InChI=1S/C14H25N5/c1-6-14(7-2,8-3)19-12-11(16-13(19)15)10(5)17-18(12)9-4/h6-9H2,1-5H3,(H2,15,16). The molecule has 0 spiro atoms. The number of anilines is 1. The molecule has 2 aromatic rings. The van der Waals surface area contributed by atoms with Gasteiger partial charge in [-0.1, -0.05) is 20.8 Å². The summed E-state index contributed by atoms with van der Waals surface area (Å²) < 4.78 is 4.23. The zero-order valence-corrected chi connectivity index (χ0v) is 12.7. The van der Waals surface area contributed by atoms with Gasteiger partial charge in [0, 0.05) is 12.1 Å². The number of nitrogens with two attached hydrogens (primary N) is 1. The third-order valence-electron chi connectivity index (χ3n) is 4.49. The molecule has 0 aliphatic heterocycles. The van der Waals surface area contributed by atoms with Crippen molar-refractivity contribution in [3.8, 4) is 0 Å². The quantitative estimate of drug-likeness (QED) is 0.901. The molecule has 0 unspecified atom stereocenters. The maximum absolute atomic E-state index is 6.21. The summed E-state index contributed by atoms with van der Waals surface area (Å²) in [5.74, 6) is 0.614. The van der Waals surface area contributed by atoms with E-state index in [1.165, 1.54) is 0 Å². The molecule has 5 heteroatoms. The number of nitrogens with zero attached hydrogens (tertiary/aromatic N) is 4. The normalized spacial score (nSPS) is 12.5. The van der Waals surface area contributed by atoms with Crippen LogP contribution in [-0.2, 0) is 12.1 Å². The summed E-state index contributed by atoms with van der Waals surface area (Å²) >= 11 is 0. The maximum atomic E-state index is 6.21. The van der Waals surface area contributed by atoms with E-state index in [2.05, 4.69) is 42.3 Å². The van der Waals surface area contributed by atoms with Gasteiger partial charge in [-0.25, -0.2) is 9.67 Å². The Bertz CT molecular complexity index is 566. The van der Waals surface area contributed by atoms with Crippen molar-refractivity contribution in [3.05, 3.63) is 5.69 Å². The minimum Gasteiger partial charge on any atom is -0.369 e. The van der Waals surface area contributed by atoms with Crippen LogP contribution in [0.3, 0.4) is 0 Å². The summed E-state index contributed by atoms with van der Waals surface area (Å²) in [5, 5.41) is 4.56. The Balaban J connectivity index is 2.81. The van der Waals surface area contributed by atoms with Crippen molar-refractivity contribution in [2.75, 3.05) is 5.73 Å². The van der Waals surface area contributed by atoms with Crippen LogP contribution in [0.2, 0.25) is 0 Å². The third kappa shape index (κ3) is 1.83. The fourth-order valence-electron chi connectivity index (χ4n) is 3.10. The molecule has 0 amide bonds. The summed E-state index contributed by atoms with van der Waals surface area (Å²) in [6.07, 6.45) is 3.14. The molecule has 2 N–H and O–H groups in total. The maximum Gasteiger partial charge on any atom is 0.203 e. The van der Waals surface area contributed by atoms with Crippen LogP contribution in [0.4, 0.5) is 5.95 Å². The van der Waals surface area contributed by atoms with Crippen molar-refractivity contribution < 1.29 is 0 Å². The smallest absolute Gasteiger partial charge is 0.203 e. The van der Waals surface area contributed by atoms with E-state index in [0.717, 1.165) is 42.7 Å². The molecule has 0 aliphatic carbocycles. The summed E-state index contributed by atoms with van der Waals surface area (Å²) in [6.45, 7) is 11.6. The molecule has 2 aromatic heterocycles. The van der Waals surface area contributed by atoms with Gasteiger partial charge >= 0.3 is 0 Å². The van der Waals surface area contributed by atoms with Gasteiger partial charge in [0.1, 0.15) is 5.52 Å². The molecule has 0 fully saturated rings. The van der Waals surface area contributed by atoms with Gasteiger partial charge in [0.25, 0.3) is 0 Å². The first-order valence-electron chi connectivity index (χ1n) is 7.26. The Labute approximate surface area is 114 Å². The second kappa shape index (κ2) is 4.87. The molecular formula is C14H25N5. The topological polar surface area (TPSA) is 61.7 Å². The first-order chi connectivity index (χ1) is 9.04. The van der Waals surface area contributed by atoms with E-state index in [-0.39, 0.29) is 5.54 Å². The molecule has 0 aromatic carbocycles. The van der Waals surface area contributed by atoms with Crippen molar-refractivity contribution in [2.45, 2.75) is 66.0 Å². The molecule has 0 bridgehead atoms. The minimum absolute atomic E-state index is 0.0399. The first kappa shape index (κ1) is 13.9. The molecule has 0 aliphatic rings. The number of aromatic nitrogens is 4. The lowest BCUT2D eigenvalue weighted by Crippen LogP contribution is -2.33. The van der Waals surface area contributed by atoms with E-state index >= 15 is 0 Å². The number of fused-ring (bicyclic) bond motifs is 1. The molecule has 2 heterocycles. The number of rotatable bonds is 5. The monoisotopic (exact) mass is 263 g/mol. The van der Waals surface area contributed by atoms with Crippen molar-refractivity contribution in [2.24, 2.45) is 0 Å². The highest BCUT2D eigenvalue weighted by atomic mass is 15.4. The molecular weight excluding hydrogens is 238 g/mol. The molecule has 5 nitrogen and oxygen atoms in total. The molecule has 0 atom stereocenters. The average molecular weight is 263 g/mol. The van der Waals surface area contributed by atoms with Gasteiger partial charge in [-0.05, 0) is 33.1 Å². The van der Waals surface area contributed by atoms with Crippen LogP contribution >= 0.6 is 0 Å². The van der Waals surface area contributed by atoms with E-state index in [1.54, 1.807) is 0 Å². The lowest BCUT2D eigenvalue weighted by atomic mass is 9.89. The van der Waals surface area contributed by atoms with E-state index in [0.29, 0.717) is 5.95 Å². The minimum atomic E-state index is 0.0399. The largest absolute Gasteiger partial charge is 0.369 e.